The third kappa shape index (κ3) is 5.77. The molecule has 4 nitrogen and oxygen atoms in total. The second-order valence-corrected chi connectivity index (χ2v) is 4.92. The van der Waals surface area contributed by atoms with Crippen molar-refractivity contribution >= 4 is 5.91 Å². The van der Waals surface area contributed by atoms with Gasteiger partial charge in [-0.25, -0.2) is 0 Å². The molecule has 18 heavy (non-hydrogen) atoms. The molecule has 1 heterocycles. The maximum absolute atomic E-state index is 11.7. The van der Waals surface area contributed by atoms with Crippen molar-refractivity contribution in [2.24, 2.45) is 5.92 Å². The first-order valence-corrected chi connectivity index (χ1v) is 6.49. The minimum Gasteiger partial charge on any atom is -0.354 e. The van der Waals surface area contributed by atoms with Gasteiger partial charge in [0, 0.05) is 18.9 Å². The molecule has 0 saturated carbocycles. The summed E-state index contributed by atoms with van der Waals surface area (Å²) in [6.45, 7) is 7.58. The van der Waals surface area contributed by atoms with Crippen molar-refractivity contribution in [3.8, 4) is 0 Å². The molecule has 4 heteroatoms. The lowest BCUT2D eigenvalue weighted by Gasteiger charge is -2.15. The molecule has 0 aliphatic heterocycles. The largest absolute Gasteiger partial charge is 0.354 e. The highest BCUT2D eigenvalue weighted by atomic mass is 16.2. The Labute approximate surface area is 109 Å². The molecule has 0 bridgehead atoms. The molecular weight excluding hydrogens is 226 g/mol. The minimum absolute atomic E-state index is 0.0680. The van der Waals surface area contributed by atoms with Crippen molar-refractivity contribution in [3.05, 3.63) is 30.1 Å². The highest BCUT2D eigenvalue weighted by Gasteiger charge is 2.11. The van der Waals surface area contributed by atoms with Crippen molar-refractivity contribution < 1.29 is 4.79 Å². The van der Waals surface area contributed by atoms with Gasteiger partial charge in [0.2, 0.25) is 5.91 Å². The van der Waals surface area contributed by atoms with Gasteiger partial charge in [0.05, 0.1) is 6.04 Å². The molecule has 0 aliphatic rings. The number of hydrogen-bond acceptors (Lipinski definition) is 3. The fourth-order valence-corrected chi connectivity index (χ4v) is 1.53. The number of amides is 1. The number of aromatic nitrogens is 1. The van der Waals surface area contributed by atoms with E-state index in [1.54, 1.807) is 12.4 Å². The van der Waals surface area contributed by atoms with Crippen LogP contribution in [0.3, 0.4) is 0 Å². The molecule has 0 radical (unpaired) electrons. The first-order valence-electron chi connectivity index (χ1n) is 6.49. The number of hydrogen-bond donors (Lipinski definition) is 2. The molecule has 1 amide bonds. The maximum Gasteiger partial charge on any atom is 0.236 e. The van der Waals surface area contributed by atoms with Crippen LogP contribution in [0, 0.1) is 5.92 Å². The standard InChI is InChI=1S/C14H23N3O/c1-11(2)10-17-14(18)12(3)16-9-6-13-4-7-15-8-5-13/h4-5,7-8,11-12,16H,6,9-10H2,1-3H3,(H,17,18). The third-order valence-corrected chi connectivity index (χ3v) is 2.69. The summed E-state index contributed by atoms with van der Waals surface area (Å²) in [5.74, 6) is 0.552. The SMILES string of the molecule is CC(C)CNC(=O)C(C)NCCc1ccncc1. The number of nitrogens with zero attached hydrogens (tertiary/aromatic N) is 1. The van der Waals surface area contributed by atoms with Crippen LogP contribution in [0.2, 0.25) is 0 Å². The lowest BCUT2D eigenvalue weighted by molar-refractivity contribution is -0.122. The molecule has 100 valence electrons. The van der Waals surface area contributed by atoms with Crippen LogP contribution in [0.15, 0.2) is 24.5 Å². The second kappa shape index (κ2) is 7.82. The highest BCUT2D eigenvalue weighted by molar-refractivity contribution is 5.81. The highest BCUT2D eigenvalue weighted by Crippen LogP contribution is 1.96. The molecule has 0 aliphatic carbocycles. The van der Waals surface area contributed by atoms with Gasteiger partial charge < -0.3 is 10.6 Å². The van der Waals surface area contributed by atoms with E-state index in [4.69, 9.17) is 0 Å². The monoisotopic (exact) mass is 249 g/mol. The molecule has 1 aromatic heterocycles. The average Bonchev–Trinajstić information content (AvgIpc) is 2.37. The third-order valence-electron chi connectivity index (χ3n) is 2.69. The maximum atomic E-state index is 11.7. The van der Waals surface area contributed by atoms with Crippen LogP contribution in [-0.2, 0) is 11.2 Å². The predicted octanol–water partition coefficient (Wildman–Crippen LogP) is 1.37. The van der Waals surface area contributed by atoms with E-state index in [1.165, 1.54) is 5.56 Å². The second-order valence-electron chi connectivity index (χ2n) is 4.92. The number of carbonyl (C=O) groups is 1. The van der Waals surface area contributed by atoms with Crippen LogP contribution in [0.1, 0.15) is 26.3 Å². The average molecular weight is 249 g/mol. The van der Waals surface area contributed by atoms with Gasteiger partial charge in [0.25, 0.3) is 0 Å². The molecule has 1 aromatic rings. The summed E-state index contributed by atoms with van der Waals surface area (Å²) in [5.41, 5.74) is 1.23. The van der Waals surface area contributed by atoms with Crippen molar-refractivity contribution in [1.82, 2.24) is 15.6 Å². The lowest BCUT2D eigenvalue weighted by Crippen LogP contribution is -2.43. The first-order chi connectivity index (χ1) is 8.59. The van der Waals surface area contributed by atoms with Gasteiger partial charge in [0.1, 0.15) is 0 Å². The zero-order valence-electron chi connectivity index (χ0n) is 11.4. The minimum atomic E-state index is -0.148. The van der Waals surface area contributed by atoms with E-state index in [-0.39, 0.29) is 11.9 Å². The molecule has 0 fully saturated rings. The zero-order chi connectivity index (χ0) is 13.4. The number of rotatable bonds is 7. The van der Waals surface area contributed by atoms with E-state index in [2.05, 4.69) is 29.5 Å². The van der Waals surface area contributed by atoms with Gasteiger partial charge in [-0.15, -0.1) is 0 Å². The first kappa shape index (κ1) is 14.6. The molecular formula is C14H23N3O. The van der Waals surface area contributed by atoms with Gasteiger partial charge in [-0.3, -0.25) is 9.78 Å². The summed E-state index contributed by atoms with van der Waals surface area (Å²) in [5, 5.41) is 6.14. The van der Waals surface area contributed by atoms with Gasteiger partial charge in [-0.1, -0.05) is 13.8 Å². The van der Waals surface area contributed by atoms with Crippen molar-refractivity contribution in [2.75, 3.05) is 13.1 Å². The van der Waals surface area contributed by atoms with Crippen molar-refractivity contribution in [2.45, 2.75) is 33.2 Å². The Kier molecular flexibility index (Phi) is 6.36. The number of nitrogens with one attached hydrogen (secondary N) is 2. The summed E-state index contributed by atoms with van der Waals surface area (Å²) < 4.78 is 0. The Bertz CT molecular complexity index is 351. The Morgan fingerprint density at radius 3 is 2.56 bits per heavy atom. The zero-order valence-corrected chi connectivity index (χ0v) is 11.4. The molecule has 1 atom stereocenters. The van der Waals surface area contributed by atoms with E-state index in [1.807, 2.05) is 19.1 Å². The van der Waals surface area contributed by atoms with Gasteiger partial charge in [0.15, 0.2) is 0 Å². The number of carbonyl (C=O) groups excluding carboxylic acids is 1. The van der Waals surface area contributed by atoms with Crippen LogP contribution in [-0.4, -0.2) is 30.0 Å². The molecule has 2 N–H and O–H groups in total. The van der Waals surface area contributed by atoms with Crippen LogP contribution < -0.4 is 10.6 Å². The van der Waals surface area contributed by atoms with E-state index in [0.717, 1.165) is 19.5 Å². The van der Waals surface area contributed by atoms with Crippen molar-refractivity contribution in [1.29, 1.82) is 0 Å². The fourth-order valence-electron chi connectivity index (χ4n) is 1.53. The molecule has 0 saturated heterocycles. The van der Waals surface area contributed by atoms with Crippen LogP contribution in [0.4, 0.5) is 0 Å². The van der Waals surface area contributed by atoms with Gasteiger partial charge >= 0.3 is 0 Å². The Morgan fingerprint density at radius 1 is 1.28 bits per heavy atom. The van der Waals surface area contributed by atoms with E-state index < -0.39 is 0 Å². The Hall–Kier alpha value is -1.42. The summed E-state index contributed by atoms with van der Waals surface area (Å²) in [6.07, 6.45) is 4.48. The summed E-state index contributed by atoms with van der Waals surface area (Å²) >= 11 is 0. The van der Waals surface area contributed by atoms with Gasteiger partial charge in [-0.05, 0) is 43.5 Å². The van der Waals surface area contributed by atoms with E-state index in [9.17, 15) is 4.79 Å². The topological polar surface area (TPSA) is 54.0 Å². The molecule has 1 rings (SSSR count). The van der Waals surface area contributed by atoms with E-state index in [0.29, 0.717) is 5.92 Å². The van der Waals surface area contributed by atoms with Gasteiger partial charge in [-0.2, -0.15) is 0 Å². The predicted molar refractivity (Wildman–Crippen MR) is 73.3 cm³/mol. The lowest BCUT2D eigenvalue weighted by atomic mass is 10.2. The Balaban J connectivity index is 2.20. The molecule has 0 spiro atoms. The van der Waals surface area contributed by atoms with E-state index >= 15 is 0 Å². The fraction of sp³-hybridized carbons (Fsp3) is 0.571. The normalized spacial score (nSPS) is 12.4. The summed E-state index contributed by atoms with van der Waals surface area (Å²) in [7, 11) is 0. The molecule has 0 aromatic carbocycles. The summed E-state index contributed by atoms with van der Waals surface area (Å²) in [6, 6.07) is 3.83. The van der Waals surface area contributed by atoms with Crippen LogP contribution in [0.5, 0.6) is 0 Å². The number of pyridine rings is 1. The van der Waals surface area contributed by atoms with Crippen LogP contribution >= 0.6 is 0 Å². The van der Waals surface area contributed by atoms with Crippen LogP contribution in [0.25, 0.3) is 0 Å². The molecule has 1 unspecified atom stereocenters. The summed E-state index contributed by atoms with van der Waals surface area (Å²) in [4.78, 5) is 15.7. The quantitative estimate of drug-likeness (QED) is 0.767. The smallest absolute Gasteiger partial charge is 0.236 e. The Morgan fingerprint density at radius 2 is 1.94 bits per heavy atom. The van der Waals surface area contributed by atoms with Crippen molar-refractivity contribution in [3.63, 3.8) is 0 Å².